The molecule has 0 saturated carbocycles. The van der Waals surface area contributed by atoms with E-state index in [9.17, 15) is 13.2 Å². The van der Waals surface area contributed by atoms with Gasteiger partial charge in [0.05, 0.1) is 17.5 Å². The van der Waals surface area contributed by atoms with Crippen LogP contribution in [-0.2, 0) is 25.8 Å². The van der Waals surface area contributed by atoms with E-state index >= 15 is 0 Å². The Morgan fingerprint density at radius 3 is 2.58 bits per heavy atom. The van der Waals surface area contributed by atoms with E-state index in [0.717, 1.165) is 13.0 Å². The second kappa shape index (κ2) is 7.21. The first-order valence-electron chi connectivity index (χ1n) is 8.27. The highest BCUT2D eigenvalue weighted by Crippen LogP contribution is 2.27. The van der Waals surface area contributed by atoms with Gasteiger partial charge < -0.3 is 9.64 Å². The highest BCUT2D eigenvalue weighted by molar-refractivity contribution is 7.91. The fraction of sp³-hybridized carbons (Fsp3) is 0.588. The Morgan fingerprint density at radius 1 is 1.17 bits per heavy atom. The number of sulfone groups is 1. The minimum absolute atomic E-state index is 0.00723. The third-order valence-corrected chi connectivity index (χ3v) is 6.61. The molecular weight excluding hydrogens is 328 g/mol. The number of carbonyl (C=O) groups excluding carboxylic acids is 1. The number of piperazine rings is 1. The molecule has 2 saturated heterocycles. The van der Waals surface area contributed by atoms with Crippen molar-refractivity contribution >= 4 is 15.7 Å². The first-order valence-corrected chi connectivity index (χ1v) is 10.1. The molecule has 0 unspecified atom stereocenters. The number of fused-ring (bicyclic) bond motifs is 1. The van der Waals surface area contributed by atoms with Crippen LogP contribution in [0.15, 0.2) is 30.3 Å². The Labute approximate surface area is 143 Å². The zero-order valence-electron chi connectivity index (χ0n) is 13.9. The average Bonchev–Trinajstić information content (AvgIpc) is 2.88. The van der Waals surface area contributed by atoms with Crippen molar-refractivity contribution in [2.24, 2.45) is 0 Å². The zero-order valence-corrected chi connectivity index (χ0v) is 14.7. The minimum atomic E-state index is -3.10. The molecule has 24 heavy (non-hydrogen) atoms. The summed E-state index contributed by atoms with van der Waals surface area (Å²) in [5, 5.41) is 0. The van der Waals surface area contributed by atoms with Gasteiger partial charge in [0.15, 0.2) is 9.84 Å². The van der Waals surface area contributed by atoms with Gasteiger partial charge in [-0.05, 0) is 12.0 Å². The van der Waals surface area contributed by atoms with Gasteiger partial charge in [-0.25, -0.2) is 8.42 Å². The van der Waals surface area contributed by atoms with Crippen LogP contribution in [0.4, 0.5) is 0 Å². The lowest BCUT2D eigenvalue weighted by atomic mass is 10.0. The van der Waals surface area contributed by atoms with Crippen LogP contribution in [-0.4, -0.2) is 81.1 Å². The fourth-order valence-corrected chi connectivity index (χ4v) is 5.75. The molecule has 0 aromatic heterocycles. The first kappa shape index (κ1) is 17.4. The topological polar surface area (TPSA) is 66.9 Å². The lowest BCUT2D eigenvalue weighted by molar-refractivity contribution is -0.140. The summed E-state index contributed by atoms with van der Waals surface area (Å²) in [6, 6.07) is 9.83. The molecule has 0 spiro atoms. The maximum Gasteiger partial charge on any atom is 0.248 e. The molecule has 1 amide bonds. The van der Waals surface area contributed by atoms with Crippen LogP contribution >= 0.6 is 0 Å². The molecule has 2 aliphatic heterocycles. The Morgan fingerprint density at radius 2 is 1.88 bits per heavy atom. The Bertz CT molecular complexity index is 677. The monoisotopic (exact) mass is 352 g/mol. The number of carbonyl (C=O) groups is 1. The molecule has 0 aliphatic carbocycles. The quantitative estimate of drug-likeness (QED) is 0.757. The molecule has 0 N–H and O–H groups in total. The summed E-state index contributed by atoms with van der Waals surface area (Å²) in [6.45, 7) is 2.09. The summed E-state index contributed by atoms with van der Waals surface area (Å²) < 4.78 is 29.2. The molecule has 2 heterocycles. The lowest BCUT2D eigenvalue weighted by Crippen LogP contribution is -2.61. The summed E-state index contributed by atoms with van der Waals surface area (Å²) in [6.07, 6.45) is 0.885. The van der Waals surface area contributed by atoms with Gasteiger partial charge in [0.25, 0.3) is 0 Å². The van der Waals surface area contributed by atoms with Gasteiger partial charge in [-0.1, -0.05) is 30.3 Å². The number of methoxy groups -OCH3 is 1. The van der Waals surface area contributed by atoms with Crippen LogP contribution in [0.3, 0.4) is 0 Å². The van der Waals surface area contributed by atoms with Crippen molar-refractivity contribution in [1.82, 2.24) is 9.80 Å². The lowest BCUT2D eigenvalue weighted by Gasteiger charge is -2.44. The third kappa shape index (κ3) is 3.79. The van der Waals surface area contributed by atoms with Crippen LogP contribution < -0.4 is 0 Å². The van der Waals surface area contributed by atoms with Gasteiger partial charge in [0, 0.05) is 32.8 Å². The van der Waals surface area contributed by atoms with Crippen molar-refractivity contribution in [2.45, 2.75) is 18.5 Å². The number of amides is 1. The number of ether oxygens (including phenoxy) is 1. The molecule has 2 aliphatic rings. The van der Waals surface area contributed by atoms with E-state index in [1.807, 2.05) is 18.2 Å². The number of benzene rings is 1. The summed E-state index contributed by atoms with van der Waals surface area (Å²) in [5.74, 6) is 0.0883. The fourth-order valence-electron chi connectivity index (χ4n) is 3.74. The second-order valence-electron chi connectivity index (χ2n) is 6.50. The van der Waals surface area contributed by atoms with Crippen molar-refractivity contribution in [3.63, 3.8) is 0 Å². The molecule has 0 bridgehead atoms. The van der Waals surface area contributed by atoms with E-state index < -0.39 is 9.84 Å². The Hall–Kier alpha value is -1.44. The van der Waals surface area contributed by atoms with E-state index in [0.29, 0.717) is 13.1 Å². The molecule has 6 nitrogen and oxygen atoms in total. The van der Waals surface area contributed by atoms with Crippen molar-refractivity contribution in [3.8, 4) is 0 Å². The van der Waals surface area contributed by atoms with Crippen LogP contribution in [0, 0.1) is 0 Å². The van der Waals surface area contributed by atoms with Gasteiger partial charge in [-0.15, -0.1) is 0 Å². The van der Waals surface area contributed by atoms with E-state index in [-0.39, 0.29) is 36.1 Å². The van der Waals surface area contributed by atoms with Gasteiger partial charge >= 0.3 is 0 Å². The predicted molar refractivity (Wildman–Crippen MR) is 91.5 cm³/mol. The van der Waals surface area contributed by atoms with E-state index in [1.165, 1.54) is 12.7 Å². The molecule has 1 aromatic carbocycles. The van der Waals surface area contributed by atoms with Crippen molar-refractivity contribution < 1.29 is 17.9 Å². The minimum Gasteiger partial charge on any atom is -0.375 e. The zero-order chi connectivity index (χ0) is 17.2. The maximum atomic E-state index is 12.2. The van der Waals surface area contributed by atoms with Crippen molar-refractivity contribution in [2.75, 3.05) is 44.9 Å². The molecule has 0 radical (unpaired) electrons. The summed E-state index contributed by atoms with van der Waals surface area (Å²) in [7, 11) is -1.62. The molecule has 132 valence electrons. The van der Waals surface area contributed by atoms with E-state index in [4.69, 9.17) is 4.74 Å². The summed E-state index contributed by atoms with van der Waals surface area (Å²) in [4.78, 5) is 16.2. The molecule has 7 heteroatoms. The van der Waals surface area contributed by atoms with E-state index in [1.54, 1.807) is 4.90 Å². The Balaban J connectivity index is 1.71. The summed E-state index contributed by atoms with van der Waals surface area (Å²) in [5.41, 5.74) is 1.24. The highest BCUT2D eigenvalue weighted by Gasteiger charge is 2.47. The highest BCUT2D eigenvalue weighted by atomic mass is 32.2. The smallest absolute Gasteiger partial charge is 0.248 e. The van der Waals surface area contributed by atoms with Gasteiger partial charge in [0.1, 0.15) is 6.61 Å². The van der Waals surface area contributed by atoms with Gasteiger partial charge in [0.2, 0.25) is 5.91 Å². The van der Waals surface area contributed by atoms with Crippen LogP contribution in [0.1, 0.15) is 5.56 Å². The van der Waals surface area contributed by atoms with Crippen molar-refractivity contribution in [1.29, 1.82) is 0 Å². The molecule has 3 rings (SSSR count). The number of nitrogens with zero attached hydrogens (tertiary/aromatic N) is 2. The number of hydrogen-bond donors (Lipinski definition) is 0. The van der Waals surface area contributed by atoms with Crippen LogP contribution in [0.25, 0.3) is 0 Å². The maximum absolute atomic E-state index is 12.2. The van der Waals surface area contributed by atoms with Crippen LogP contribution in [0.5, 0.6) is 0 Å². The second-order valence-corrected chi connectivity index (χ2v) is 8.66. The molecule has 2 atom stereocenters. The molecular formula is C17H24N2O4S. The van der Waals surface area contributed by atoms with Gasteiger partial charge in [-0.3, -0.25) is 9.69 Å². The SMILES string of the molecule is COCC(=O)N1CCN(CCc2ccccc2)[C@H]2CS(=O)(=O)C[C@H]21. The molecule has 1 aromatic rings. The van der Waals surface area contributed by atoms with Gasteiger partial charge in [-0.2, -0.15) is 0 Å². The first-order chi connectivity index (χ1) is 11.5. The predicted octanol–water partition coefficient (Wildman–Crippen LogP) is 0.185. The third-order valence-electron chi connectivity index (χ3n) is 4.91. The standard InChI is InChI=1S/C17H24N2O4S/c1-23-11-17(20)19-10-9-18(8-7-14-5-3-2-4-6-14)15-12-24(21,22)13-16(15)19/h2-6,15-16H,7-13H2,1H3/t15-,16+/m0/s1. The average molecular weight is 352 g/mol. The normalized spacial score (nSPS) is 26.3. The van der Waals surface area contributed by atoms with Crippen LogP contribution in [0.2, 0.25) is 0 Å². The summed E-state index contributed by atoms with van der Waals surface area (Å²) >= 11 is 0. The largest absolute Gasteiger partial charge is 0.375 e. The Kier molecular flexibility index (Phi) is 5.22. The number of hydrogen-bond acceptors (Lipinski definition) is 5. The van der Waals surface area contributed by atoms with Crippen molar-refractivity contribution in [3.05, 3.63) is 35.9 Å². The molecule has 2 fully saturated rings. The number of rotatable bonds is 5. The van der Waals surface area contributed by atoms with E-state index in [2.05, 4.69) is 17.0 Å².